The van der Waals surface area contributed by atoms with Gasteiger partial charge in [0.25, 0.3) is 5.91 Å². The van der Waals surface area contributed by atoms with E-state index < -0.39 is 0 Å². The average molecular weight is 355 g/mol. The Morgan fingerprint density at radius 1 is 1.08 bits per heavy atom. The molecule has 0 aromatic heterocycles. The van der Waals surface area contributed by atoms with Crippen molar-refractivity contribution in [3.8, 4) is 11.5 Å². The number of amides is 1. The fourth-order valence-corrected chi connectivity index (χ4v) is 2.82. The van der Waals surface area contributed by atoms with Crippen molar-refractivity contribution in [1.29, 1.82) is 0 Å². The van der Waals surface area contributed by atoms with E-state index in [0.717, 1.165) is 11.3 Å². The summed E-state index contributed by atoms with van der Waals surface area (Å²) in [5.41, 5.74) is 1.80. The van der Waals surface area contributed by atoms with Crippen LogP contribution in [0.4, 0.5) is 0 Å². The van der Waals surface area contributed by atoms with Gasteiger partial charge in [-0.05, 0) is 49.7 Å². The number of hydrogen-bond acceptors (Lipinski definition) is 4. The van der Waals surface area contributed by atoms with Crippen molar-refractivity contribution in [2.24, 2.45) is 0 Å². The van der Waals surface area contributed by atoms with E-state index in [0.29, 0.717) is 44.2 Å². The van der Waals surface area contributed by atoms with E-state index in [2.05, 4.69) is 0 Å². The van der Waals surface area contributed by atoms with Crippen molar-refractivity contribution >= 4 is 5.91 Å². The third-order valence-electron chi connectivity index (χ3n) is 4.21. The summed E-state index contributed by atoms with van der Waals surface area (Å²) in [5, 5.41) is 0. The molecule has 0 atom stereocenters. The highest BCUT2D eigenvalue weighted by Gasteiger charge is 2.32. The Kier molecular flexibility index (Phi) is 6.12. The number of benzene rings is 2. The van der Waals surface area contributed by atoms with Crippen molar-refractivity contribution in [3.63, 3.8) is 0 Å². The standard InChI is InChI=1S/C21H25NO4/c1-3-24-10-11-25-18-8-5-7-17(13-18)21(23)22-14-20(15-22)26-19-9-4-6-16(2)12-19/h4-9,12-13,20H,3,10-11,14-15H2,1-2H3. The number of nitrogens with zero attached hydrogens (tertiary/aromatic N) is 1. The van der Waals surface area contributed by atoms with Crippen LogP contribution < -0.4 is 9.47 Å². The van der Waals surface area contributed by atoms with Gasteiger partial charge >= 0.3 is 0 Å². The Hall–Kier alpha value is -2.53. The van der Waals surface area contributed by atoms with Crippen LogP contribution in [0.2, 0.25) is 0 Å². The normalized spacial score (nSPS) is 14.0. The number of carbonyl (C=O) groups excluding carboxylic acids is 1. The van der Waals surface area contributed by atoms with E-state index in [1.54, 1.807) is 11.0 Å². The van der Waals surface area contributed by atoms with Gasteiger partial charge in [0.05, 0.1) is 19.7 Å². The SMILES string of the molecule is CCOCCOc1cccc(C(=O)N2CC(Oc3cccc(C)c3)C2)c1. The van der Waals surface area contributed by atoms with Gasteiger partial charge in [0.15, 0.2) is 0 Å². The lowest BCUT2D eigenvalue weighted by molar-refractivity contribution is 0.0177. The molecule has 0 radical (unpaired) electrons. The molecule has 2 aromatic rings. The predicted molar refractivity (Wildman–Crippen MR) is 99.9 cm³/mol. The maximum atomic E-state index is 12.6. The maximum absolute atomic E-state index is 12.6. The minimum absolute atomic E-state index is 0.00403. The van der Waals surface area contributed by atoms with E-state index in [4.69, 9.17) is 14.2 Å². The number of aryl methyl sites for hydroxylation is 1. The highest BCUT2D eigenvalue weighted by atomic mass is 16.5. The Labute approximate surface area is 154 Å². The third kappa shape index (κ3) is 4.76. The second-order valence-corrected chi connectivity index (χ2v) is 6.34. The highest BCUT2D eigenvalue weighted by Crippen LogP contribution is 2.22. The molecule has 1 aliphatic heterocycles. The summed E-state index contributed by atoms with van der Waals surface area (Å²) in [5.74, 6) is 1.54. The van der Waals surface area contributed by atoms with Crippen molar-refractivity contribution in [2.45, 2.75) is 20.0 Å². The largest absolute Gasteiger partial charge is 0.491 e. The molecule has 0 unspecified atom stereocenters. The summed E-state index contributed by atoms with van der Waals surface area (Å²) in [6, 6.07) is 15.2. The van der Waals surface area contributed by atoms with Gasteiger partial charge in [-0.1, -0.05) is 18.2 Å². The molecule has 0 aliphatic carbocycles. The van der Waals surface area contributed by atoms with Gasteiger partial charge in [-0.25, -0.2) is 0 Å². The summed E-state index contributed by atoms with van der Waals surface area (Å²) in [7, 11) is 0. The molecule has 0 N–H and O–H groups in total. The van der Waals surface area contributed by atoms with E-state index in [-0.39, 0.29) is 12.0 Å². The molecule has 5 nitrogen and oxygen atoms in total. The Balaban J connectivity index is 1.49. The van der Waals surface area contributed by atoms with Crippen molar-refractivity contribution in [3.05, 3.63) is 59.7 Å². The van der Waals surface area contributed by atoms with E-state index in [1.165, 1.54) is 0 Å². The number of ether oxygens (including phenoxy) is 3. The second kappa shape index (κ2) is 8.72. The molecule has 1 heterocycles. The monoisotopic (exact) mass is 355 g/mol. The molecule has 2 aromatic carbocycles. The van der Waals surface area contributed by atoms with Gasteiger partial charge in [-0.2, -0.15) is 0 Å². The quantitative estimate of drug-likeness (QED) is 0.682. The van der Waals surface area contributed by atoms with Gasteiger partial charge in [0.2, 0.25) is 0 Å². The zero-order chi connectivity index (χ0) is 18.4. The van der Waals surface area contributed by atoms with Gasteiger partial charge in [-0.15, -0.1) is 0 Å². The topological polar surface area (TPSA) is 48.0 Å². The first-order valence-electron chi connectivity index (χ1n) is 8.99. The summed E-state index contributed by atoms with van der Waals surface area (Å²) in [6.07, 6.45) is 0.0476. The molecular weight excluding hydrogens is 330 g/mol. The minimum atomic E-state index is 0.00403. The number of rotatable bonds is 8. The van der Waals surface area contributed by atoms with E-state index in [1.807, 2.05) is 56.3 Å². The molecule has 26 heavy (non-hydrogen) atoms. The molecule has 0 saturated carbocycles. The average Bonchev–Trinajstić information content (AvgIpc) is 2.61. The van der Waals surface area contributed by atoms with Crippen molar-refractivity contribution in [2.75, 3.05) is 32.9 Å². The molecule has 1 amide bonds. The van der Waals surface area contributed by atoms with E-state index >= 15 is 0 Å². The van der Waals surface area contributed by atoms with Crippen LogP contribution >= 0.6 is 0 Å². The molecule has 3 rings (SSSR count). The highest BCUT2D eigenvalue weighted by molar-refractivity contribution is 5.95. The van der Waals surface area contributed by atoms with Gasteiger partial charge in [0, 0.05) is 12.2 Å². The molecule has 0 bridgehead atoms. The van der Waals surface area contributed by atoms with Crippen LogP contribution in [-0.2, 0) is 4.74 Å². The fraction of sp³-hybridized carbons (Fsp3) is 0.381. The zero-order valence-corrected chi connectivity index (χ0v) is 15.3. The van der Waals surface area contributed by atoms with Crippen LogP contribution in [-0.4, -0.2) is 49.8 Å². The van der Waals surface area contributed by atoms with Crippen LogP contribution in [0.15, 0.2) is 48.5 Å². The smallest absolute Gasteiger partial charge is 0.254 e. The van der Waals surface area contributed by atoms with Crippen LogP contribution in [0.1, 0.15) is 22.8 Å². The second-order valence-electron chi connectivity index (χ2n) is 6.34. The van der Waals surface area contributed by atoms with Crippen molar-refractivity contribution < 1.29 is 19.0 Å². The van der Waals surface area contributed by atoms with Crippen LogP contribution in [0, 0.1) is 6.92 Å². The number of likely N-dealkylation sites (tertiary alicyclic amines) is 1. The van der Waals surface area contributed by atoms with Gasteiger partial charge in [0.1, 0.15) is 24.2 Å². The molecule has 138 valence electrons. The van der Waals surface area contributed by atoms with Crippen LogP contribution in [0.3, 0.4) is 0 Å². The third-order valence-corrected chi connectivity index (χ3v) is 4.21. The molecule has 1 aliphatic rings. The van der Waals surface area contributed by atoms with Crippen LogP contribution in [0.5, 0.6) is 11.5 Å². The summed E-state index contributed by atoms with van der Waals surface area (Å²) in [6.45, 7) is 6.86. The molecule has 0 spiro atoms. The van der Waals surface area contributed by atoms with Crippen molar-refractivity contribution in [1.82, 2.24) is 4.90 Å². The number of hydrogen-bond donors (Lipinski definition) is 0. The molecule has 1 fully saturated rings. The first-order chi connectivity index (χ1) is 12.7. The fourth-order valence-electron chi connectivity index (χ4n) is 2.82. The lowest BCUT2D eigenvalue weighted by atomic mass is 10.1. The number of carbonyl (C=O) groups is 1. The lowest BCUT2D eigenvalue weighted by Crippen LogP contribution is -2.56. The summed E-state index contributed by atoms with van der Waals surface area (Å²) in [4.78, 5) is 14.4. The molecule has 5 heteroatoms. The Morgan fingerprint density at radius 2 is 1.85 bits per heavy atom. The first-order valence-corrected chi connectivity index (χ1v) is 8.99. The molecular formula is C21H25NO4. The van der Waals surface area contributed by atoms with Gasteiger partial charge in [-0.3, -0.25) is 4.79 Å². The minimum Gasteiger partial charge on any atom is -0.491 e. The summed E-state index contributed by atoms with van der Waals surface area (Å²) >= 11 is 0. The Morgan fingerprint density at radius 3 is 2.62 bits per heavy atom. The Bertz CT molecular complexity index is 740. The van der Waals surface area contributed by atoms with E-state index in [9.17, 15) is 4.79 Å². The van der Waals surface area contributed by atoms with Gasteiger partial charge < -0.3 is 19.1 Å². The zero-order valence-electron chi connectivity index (χ0n) is 15.3. The first kappa shape index (κ1) is 18.3. The summed E-state index contributed by atoms with van der Waals surface area (Å²) < 4.78 is 16.8. The van der Waals surface area contributed by atoms with Crippen LogP contribution in [0.25, 0.3) is 0 Å². The predicted octanol–water partition coefficient (Wildman–Crippen LogP) is 3.31. The lowest BCUT2D eigenvalue weighted by Gasteiger charge is -2.39. The maximum Gasteiger partial charge on any atom is 0.254 e. The molecule has 1 saturated heterocycles.